The first-order chi connectivity index (χ1) is 10.9. The van der Waals surface area contributed by atoms with Crippen LogP contribution >= 0.6 is 0 Å². The number of methoxy groups -OCH3 is 1. The van der Waals surface area contributed by atoms with Crippen LogP contribution in [0.25, 0.3) is 0 Å². The van der Waals surface area contributed by atoms with Crippen LogP contribution < -0.4 is 15.4 Å². The fraction of sp³-hybridized carbons (Fsp3) is 0.133. The van der Waals surface area contributed by atoms with E-state index < -0.39 is 16.6 Å². The maximum absolute atomic E-state index is 13.7. The van der Waals surface area contributed by atoms with Crippen molar-refractivity contribution in [1.82, 2.24) is 0 Å². The Morgan fingerprint density at radius 1 is 1.35 bits per heavy atom. The van der Waals surface area contributed by atoms with Crippen LogP contribution in [-0.2, 0) is 0 Å². The molecule has 120 valence electrons. The lowest BCUT2D eigenvalue weighted by Gasteiger charge is -2.19. The van der Waals surface area contributed by atoms with E-state index in [1.807, 2.05) is 0 Å². The highest BCUT2D eigenvalue weighted by molar-refractivity contribution is 6.10. The molecule has 0 aliphatic carbocycles. The molecule has 2 aromatic carbocycles. The Kier molecular flexibility index (Phi) is 4.44. The number of para-hydroxylation sites is 1. The molecule has 0 saturated carbocycles. The van der Waals surface area contributed by atoms with Crippen LogP contribution in [0.2, 0.25) is 0 Å². The fourth-order valence-electron chi connectivity index (χ4n) is 2.06. The van der Waals surface area contributed by atoms with Crippen LogP contribution in [0.3, 0.4) is 0 Å². The molecule has 0 aliphatic rings. The second kappa shape index (κ2) is 6.30. The van der Waals surface area contributed by atoms with E-state index >= 15 is 0 Å². The van der Waals surface area contributed by atoms with E-state index in [1.54, 1.807) is 0 Å². The highest BCUT2D eigenvalue weighted by Crippen LogP contribution is 2.28. The number of hydrogen-bond donors (Lipinski definition) is 1. The molecule has 0 unspecified atom stereocenters. The number of nitrogen functional groups attached to an aromatic ring is 1. The highest BCUT2D eigenvalue weighted by Gasteiger charge is 2.22. The number of carbonyl (C=O) groups excluding carboxylic acids is 1. The number of nitrogens with two attached hydrogens (primary N) is 1. The van der Waals surface area contributed by atoms with Crippen molar-refractivity contribution in [2.75, 3.05) is 24.8 Å². The number of nitrogens with zero attached hydrogens (tertiary/aromatic N) is 2. The third-order valence-electron chi connectivity index (χ3n) is 3.34. The summed E-state index contributed by atoms with van der Waals surface area (Å²) >= 11 is 0. The van der Waals surface area contributed by atoms with Crippen molar-refractivity contribution in [3.63, 3.8) is 0 Å². The molecule has 0 spiro atoms. The second-order valence-electron chi connectivity index (χ2n) is 4.68. The number of benzene rings is 2. The quantitative estimate of drug-likeness (QED) is 0.530. The molecular formula is C15H14FN3O4. The molecule has 23 heavy (non-hydrogen) atoms. The van der Waals surface area contributed by atoms with Crippen molar-refractivity contribution in [3.8, 4) is 5.75 Å². The van der Waals surface area contributed by atoms with E-state index in [0.29, 0.717) is 0 Å². The van der Waals surface area contributed by atoms with E-state index in [2.05, 4.69) is 0 Å². The van der Waals surface area contributed by atoms with Gasteiger partial charge < -0.3 is 15.4 Å². The van der Waals surface area contributed by atoms with E-state index in [9.17, 15) is 19.3 Å². The number of halogens is 1. The molecule has 2 aromatic rings. The van der Waals surface area contributed by atoms with E-state index in [-0.39, 0.29) is 28.4 Å². The summed E-state index contributed by atoms with van der Waals surface area (Å²) in [5.41, 5.74) is 5.34. The number of nitro benzene ring substituents is 1. The number of anilines is 2. The van der Waals surface area contributed by atoms with Crippen LogP contribution in [0.4, 0.5) is 21.5 Å². The Balaban J connectivity index is 2.39. The molecule has 2 rings (SSSR count). The number of ether oxygens (including phenoxy) is 1. The first-order valence-corrected chi connectivity index (χ1v) is 6.51. The molecule has 0 aliphatic heterocycles. The zero-order valence-electron chi connectivity index (χ0n) is 12.4. The molecule has 0 fully saturated rings. The van der Waals surface area contributed by atoms with Crippen LogP contribution in [0.5, 0.6) is 5.75 Å². The summed E-state index contributed by atoms with van der Waals surface area (Å²) in [5.74, 6) is -1.17. The molecule has 0 atom stereocenters. The predicted octanol–water partition coefficient (Wildman–Crippen LogP) is 2.60. The summed E-state index contributed by atoms with van der Waals surface area (Å²) in [6, 6.07) is 7.95. The van der Waals surface area contributed by atoms with Crippen LogP contribution in [0.1, 0.15) is 10.4 Å². The van der Waals surface area contributed by atoms with Crippen molar-refractivity contribution in [1.29, 1.82) is 0 Å². The van der Waals surface area contributed by atoms with Gasteiger partial charge >= 0.3 is 0 Å². The average Bonchev–Trinajstić information content (AvgIpc) is 2.53. The first-order valence-electron chi connectivity index (χ1n) is 6.51. The molecule has 2 N–H and O–H groups in total. The van der Waals surface area contributed by atoms with Gasteiger partial charge in [-0.1, -0.05) is 6.07 Å². The molecule has 0 bridgehead atoms. The molecule has 8 heteroatoms. The van der Waals surface area contributed by atoms with Crippen LogP contribution in [0.15, 0.2) is 36.4 Å². The Hall–Kier alpha value is -3.16. The summed E-state index contributed by atoms with van der Waals surface area (Å²) in [6.07, 6.45) is 0. The van der Waals surface area contributed by atoms with Crippen LogP contribution in [-0.4, -0.2) is 25.0 Å². The number of amides is 1. The van der Waals surface area contributed by atoms with Gasteiger partial charge in [0.1, 0.15) is 5.69 Å². The predicted molar refractivity (Wildman–Crippen MR) is 83.2 cm³/mol. The third-order valence-corrected chi connectivity index (χ3v) is 3.34. The van der Waals surface area contributed by atoms with Crippen molar-refractivity contribution < 1.29 is 18.8 Å². The van der Waals surface area contributed by atoms with Crippen LogP contribution in [0, 0.1) is 15.9 Å². The maximum Gasteiger partial charge on any atom is 0.292 e. The van der Waals surface area contributed by atoms with E-state index in [0.717, 1.165) is 11.0 Å². The minimum Gasteiger partial charge on any atom is -0.494 e. The summed E-state index contributed by atoms with van der Waals surface area (Å²) in [5, 5.41) is 10.9. The van der Waals surface area contributed by atoms with Gasteiger partial charge in [0.05, 0.1) is 17.6 Å². The Morgan fingerprint density at radius 2 is 2.04 bits per heavy atom. The van der Waals surface area contributed by atoms with Gasteiger partial charge in [-0.15, -0.1) is 0 Å². The van der Waals surface area contributed by atoms with Gasteiger partial charge in [-0.05, 0) is 18.2 Å². The Labute approximate surface area is 131 Å². The summed E-state index contributed by atoms with van der Waals surface area (Å²) in [7, 11) is 2.75. The van der Waals surface area contributed by atoms with Gasteiger partial charge in [0.2, 0.25) is 0 Å². The van der Waals surface area contributed by atoms with Crippen molar-refractivity contribution >= 4 is 23.0 Å². The molecule has 7 nitrogen and oxygen atoms in total. The molecule has 0 heterocycles. The standard InChI is InChI=1S/C15H14FN3O4/c1-18(9-6-7-13(23-2)11(16)8-9)15(20)10-4-3-5-12(14(10)17)19(21)22/h3-8H,17H2,1-2H3. The Bertz CT molecular complexity index is 779. The van der Waals surface area contributed by atoms with Gasteiger partial charge in [-0.2, -0.15) is 0 Å². The molecular weight excluding hydrogens is 305 g/mol. The van der Waals surface area contributed by atoms with E-state index in [1.165, 1.54) is 44.5 Å². The first kappa shape index (κ1) is 16.2. The van der Waals surface area contributed by atoms with E-state index in [4.69, 9.17) is 10.5 Å². The number of hydrogen-bond acceptors (Lipinski definition) is 5. The highest BCUT2D eigenvalue weighted by atomic mass is 19.1. The zero-order chi connectivity index (χ0) is 17.1. The van der Waals surface area contributed by atoms with Gasteiger partial charge in [0.15, 0.2) is 11.6 Å². The number of carbonyl (C=O) groups is 1. The minimum atomic E-state index is -0.667. The summed E-state index contributed by atoms with van der Waals surface area (Å²) in [6.45, 7) is 0. The number of rotatable bonds is 4. The summed E-state index contributed by atoms with van der Waals surface area (Å²) < 4.78 is 18.6. The topological polar surface area (TPSA) is 98.7 Å². The van der Waals surface area contributed by atoms with Gasteiger partial charge in [-0.3, -0.25) is 14.9 Å². The largest absolute Gasteiger partial charge is 0.494 e. The van der Waals surface area contributed by atoms with Gasteiger partial charge in [0.25, 0.3) is 11.6 Å². The molecule has 0 saturated heterocycles. The second-order valence-corrected chi connectivity index (χ2v) is 4.68. The summed E-state index contributed by atoms with van der Waals surface area (Å²) in [4.78, 5) is 23.8. The normalized spacial score (nSPS) is 10.2. The molecule has 1 amide bonds. The van der Waals surface area contributed by atoms with Crippen molar-refractivity contribution in [3.05, 3.63) is 57.9 Å². The van der Waals surface area contributed by atoms with Crippen molar-refractivity contribution in [2.24, 2.45) is 0 Å². The lowest BCUT2D eigenvalue weighted by molar-refractivity contribution is -0.383. The van der Waals surface area contributed by atoms with Crippen molar-refractivity contribution in [2.45, 2.75) is 0 Å². The monoisotopic (exact) mass is 319 g/mol. The molecule has 0 aromatic heterocycles. The third kappa shape index (κ3) is 3.05. The lowest BCUT2D eigenvalue weighted by Crippen LogP contribution is -2.27. The maximum atomic E-state index is 13.7. The molecule has 0 radical (unpaired) electrons. The van der Waals surface area contributed by atoms with Gasteiger partial charge in [0, 0.05) is 24.9 Å². The van der Waals surface area contributed by atoms with Gasteiger partial charge in [-0.25, -0.2) is 4.39 Å². The SMILES string of the molecule is COc1ccc(N(C)C(=O)c2cccc([N+](=O)[O-])c2N)cc1F. The fourth-order valence-corrected chi connectivity index (χ4v) is 2.06. The lowest BCUT2D eigenvalue weighted by atomic mass is 10.1. The minimum absolute atomic E-state index is 0.0297. The average molecular weight is 319 g/mol. The Morgan fingerprint density at radius 3 is 2.61 bits per heavy atom. The smallest absolute Gasteiger partial charge is 0.292 e. The zero-order valence-corrected chi connectivity index (χ0v) is 12.4. The number of nitro groups is 1.